The fraction of sp³-hybridized carbons (Fsp3) is 0.708. The van der Waals surface area contributed by atoms with E-state index in [0.717, 1.165) is 61.7 Å². The first kappa shape index (κ1) is 18.9. The number of halogens is 1. The highest BCUT2D eigenvalue weighted by Gasteiger charge is 2.54. The van der Waals surface area contributed by atoms with Gasteiger partial charge in [-0.15, -0.1) is 0 Å². The molecule has 4 heteroatoms. The molecule has 1 aromatic carbocycles. The second-order valence-corrected chi connectivity index (χ2v) is 10.6. The maximum absolute atomic E-state index is 13.2. The number of amides is 1. The smallest absolute Gasteiger partial charge is 0.226 e. The van der Waals surface area contributed by atoms with Crippen LogP contribution in [0, 0.1) is 23.2 Å². The Labute approximate surface area is 174 Å². The van der Waals surface area contributed by atoms with Gasteiger partial charge in [-0.25, -0.2) is 0 Å². The largest absolute Gasteiger partial charge is 0.352 e. The van der Waals surface area contributed by atoms with E-state index in [0.29, 0.717) is 11.9 Å². The molecule has 1 N–H and O–H groups in total. The molecule has 6 rings (SSSR count). The van der Waals surface area contributed by atoms with Gasteiger partial charge in [-0.05, 0) is 99.8 Å². The zero-order valence-corrected chi connectivity index (χ0v) is 17.6. The van der Waals surface area contributed by atoms with E-state index in [1.54, 1.807) is 0 Å². The van der Waals surface area contributed by atoms with Gasteiger partial charge in [0.15, 0.2) is 0 Å². The summed E-state index contributed by atoms with van der Waals surface area (Å²) in [6.07, 6.45) is 11.1. The summed E-state index contributed by atoms with van der Waals surface area (Å²) in [6, 6.07) is 8.56. The molecular formula is C24H33ClN2O. The van der Waals surface area contributed by atoms with Crippen LogP contribution in [0.25, 0.3) is 0 Å². The molecule has 28 heavy (non-hydrogen) atoms. The topological polar surface area (TPSA) is 32.3 Å². The molecule has 1 aliphatic heterocycles. The number of aryl methyl sites for hydroxylation is 1. The minimum absolute atomic E-state index is 0.00322. The summed E-state index contributed by atoms with van der Waals surface area (Å²) in [5.41, 5.74) is 1.35. The number of benzene rings is 1. The summed E-state index contributed by atoms with van der Waals surface area (Å²) < 4.78 is 0. The standard InChI is InChI=1S/C24H33ClN2O/c25-21-5-3-17(4-6-21)2-1-8-27-9-7-22(16-27)26-23(28)24-13-18-10-19(14-24)12-20(11-18)15-24/h3-6,18-20,22H,1-2,7-16H2,(H,26,28). The van der Waals surface area contributed by atoms with Crippen molar-refractivity contribution in [1.29, 1.82) is 0 Å². The van der Waals surface area contributed by atoms with Gasteiger partial charge in [-0.1, -0.05) is 23.7 Å². The lowest BCUT2D eigenvalue weighted by Gasteiger charge is -2.55. The molecule has 0 aromatic heterocycles. The van der Waals surface area contributed by atoms with Gasteiger partial charge in [0.2, 0.25) is 5.91 Å². The van der Waals surface area contributed by atoms with E-state index in [9.17, 15) is 4.79 Å². The third-order valence-electron chi connectivity index (χ3n) is 7.98. The molecule has 1 amide bonds. The van der Waals surface area contributed by atoms with E-state index < -0.39 is 0 Å². The van der Waals surface area contributed by atoms with Crippen LogP contribution in [0.1, 0.15) is 56.9 Å². The van der Waals surface area contributed by atoms with Gasteiger partial charge in [0.25, 0.3) is 0 Å². The summed E-state index contributed by atoms with van der Waals surface area (Å²) in [4.78, 5) is 15.8. The van der Waals surface area contributed by atoms with Crippen molar-refractivity contribution in [3.8, 4) is 0 Å². The number of hydrogen-bond acceptors (Lipinski definition) is 2. The molecule has 1 heterocycles. The summed E-state index contributed by atoms with van der Waals surface area (Å²) in [7, 11) is 0. The Kier molecular flexibility index (Phi) is 5.17. The van der Waals surface area contributed by atoms with Crippen molar-refractivity contribution in [3.05, 3.63) is 34.9 Å². The van der Waals surface area contributed by atoms with Crippen LogP contribution >= 0.6 is 11.6 Å². The minimum atomic E-state index is -0.00322. The molecule has 4 aliphatic carbocycles. The Morgan fingerprint density at radius 2 is 1.71 bits per heavy atom. The van der Waals surface area contributed by atoms with Gasteiger partial charge < -0.3 is 10.2 Å². The zero-order chi connectivity index (χ0) is 19.1. The van der Waals surface area contributed by atoms with Gasteiger partial charge in [0.05, 0.1) is 0 Å². The molecule has 1 aromatic rings. The summed E-state index contributed by atoms with van der Waals surface area (Å²) in [5, 5.41) is 4.29. The Hall–Kier alpha value is -1.06. The summed E-state index contributed by atoms with van der Waals surface area (Å²) >= 11 is 5.96. The zero-order valence-electron chi connectivity index (χ0n) is 16.8. The quantitative estimate of drug-likeness (QED) is 0.751. The van der Waals surface area contributed by atoms with Crippen LogP contribution in [0.15, 0.2) is 24.3 Å². The molecule has 4 bridgehead atoms. The van der Waals surface area contributed by atoms with Crippen molar-refractivity contribution < 1.29 is 4.79 Å². The average molecular weight is 401 g/mol. The van der Waals surface area contributed by atoms with Crippen molar-refractivity contribution in [1.82, 2.24) is 10.2 Å². The van der Waals surface area contributed by atoms with E-state index in [1.807, 2.05) is 12.1 Å². The Balaban J connectivity index is 1.09. The predicted octanol–water partition coefficient (Wildman–Crippen LogP) is 4.68. The van der Waals surface area contributed by atoms with Crippen LogP contribution in [-0.4, -0.2) is 36.5 Å². The summed E-state index contributed by atoms with van der Waals surface area (Å²) in [5.74, 6) is 2.92. The van der Waals surface area contributed by atoms with Crippen molar-refractivity contribution in [3.63, 3.8) is 0 Å². The van der Waals surface area contributed by atoms with Gasteiger partial charge in [-0.3, -0.25) is 4.79 Å². The van der Waals surface area contributed by atoms with E-state index in [2.05, 4.69) is 22.3 Å². The lowest BCUT2D eigenvalue weighted by molar-refractivity contribution is -0.146. The van der Waals surface area contributed by atoms with Crippen molar-refractivity contribution in [2.75, 3.05) is 19.6 Å². The van der Waals surface area contributed by atoms with Gasteiger partial charge in [-0.2, -0.15) is 0 Å². The normalized spacial score (nSPS) is 36.8. The number of carbonyl (C=O) groups is 1. The molecule has 5 fully saturated rings. The molecule has 3 nitrogen and oxygen atoms in total. The number of nitrogens with one attached hydrogen (secondary N) is 1. The SMILES string of the molecule is O=C(NC1CCN(CCCc2ccc(Cl)cc2)C1)C12CC3CC(CC(C3)C1)C2. The first-order valence-electron chi connectivity index (χ1n) is 11.4. The first-order chi connectivity index (χ1) is 13.6. The molecular weight excluding hydrogens is 368 g/mol. The number of likely N-dealkylation sites (tertiary alicyclic amines) is 1. The highest BCUT2D eigenvalue weighted by molar-refractivity contribution is 6.30. The van der Waals surface area contributed by atoms with Crippen LogP contribution in [0.5, 0.6) is 0 Å². The molecule has 0 spiro atoms. The Morgan fingerprint density at radius 3 is 2.36 bits per heavy atom. The second-order valence-electron chi connectivity index (χ2n) is 10.2. The van der Waals surface area contributed by atoms with E-state index in [1.165, 1.54) is 44.1 Å². The number of carbonyl (C=O) groups excluding carboxylic acids is 1. The molecule has 4 saturated carbocycles. The van der Waals surface area contributed by atoms with Crippen LogP contribution in [0.3, 0.4) is 0 Å². The van der Waals surface area contributed by atoms with Crippen molar-refractivity contribution in [2.45, 2.75) is 63.8 Å². The summed E-state index contributed by atoms with van der Waals surface area (Å²) in [6.45, 7) is 3.26. The number of rotatable bonds is 6. The Bertz CT molecular complexity index is 681. The van der Waals surface area contributed by atoms with Gasteiger partial charge in [0.1, 0.15) is 0 Å². The third kappa shape index (κ3) is 3.85. The highest BCUT2D eigenvalue weighted by Crippen LogP contribution is 2.60. The molecule has 0 radical (unpaired) electrons. The van der Waals surface area contributed by atoms with E-state index in [-0.39, 0.29) is 5.41 Å². The van der Waals surface area contributed by atoms with Crippen LogP contribution < -0.4 is 5.32 Å². The Morgan fingerprint density at radius 1 is 1.07 bits per heavy atom. The number of hydrogen-bond donors (Lipinski definition) is 1. The highest BCUT2D eigenvalue weighted by atomic mass is 35.5. The maximum atomic E-state index is 13.2. The van der Waals surface area contributed by atoms with Crippen molar-refractivity contribution in [2.24, 2.45) is 23.2 Å². The fourth-order valence-corrected chi connectivity index (χ4v) is 7.16. The minimum Gasteiger partial charge on any atom is -0.352 e. The second kappa shape index (κ2) is 7.65. The lowest BCUT2D eigenvalue weighted by Crippen LogP contribution is -2.55. The molecule has 1 unspecified atom stereocenters. The third-order valence-corrected chi connectivity index (χ3v) is 8.23. The average Bonchev–Trinajstić information content (AvgIpc) is 3.09. The lowest BCUT2D eigenvalue weighted by atomic mass is 9.49. The van der Waals surface area contributed by atoms with Crippen LogP contribution in [0.2, 0.25) is 5.02 Å². The number of nitrogens with zero attached hydrogens (tertiary/aromatic N) is 1. The maximum Gasteiger partial charge on any atom is 0.226 e. The van der Waals surface area contributed by atoms with Gasteiger partial charge in [0, 0.05) is 29.6 Å². The van der Waals surface area contributed by atoms with Gasteiger partial charge >= 0.3 is 0 Å². The first-order valence-corrected chi connectivity index (χ1v) is 11.7. The molecule has 152 valence electrons. The van der Waals surface area contributed by atoms with Crippen LogP contribution in [-0.2, 0) is 11.2 Å². The molecule has 5 aliphatic rings. The van der Waals surface area contributed by atoms with E-state index >= 15 is 0 Å². The molecule has 1 atom stereocenters. The van der Waals surface area contributed by atoms with Crippen molar-refractivity contribution >= 4 is 17.5 Å². The fourth-order valence-electron chi connectivity index (χ4n) is 7.04. The van der Waals surface area contributed by atoms with Crippen LogP contribution in [0.4, 0.5) is 0 Å². The molecule has 1 saturated heterocycles. The van der Waals surface area contributed by atoms with E-state index in [4.69, 9.17) is 11.6 Å². The monoisotopic (exact) mass is 400 g/mol. The predicted molar refractivity (Wildman–Crippen MR) is 113 cm³/mol.